The van der Waals surface area contributed by atoms with Crippen molar-refractivity contribution in [2.75, 3.05) is 36.2 Å². The van der Waals surface area contributed by atoms with Gasteiger partial charge in [-0.15, -0.1) is 0 Å². The van der Waals surface area contributed by atoms with Crippen LogP contribution in [-0.2, 0) is 25.7 Å². The monoisotopic (exact) mass is 563 g/mol. The number of amides is 1. The number of hydrogen-bond acceptors (Lipinski definition) is 9. The van der Waals surface area contributed by atoms with Gasteiger partial charge in [-0.25, -0.2) is 8.42 Å². The summed E-state index contributed by atoms with van der Waals surface area (Å²) in [5.74, 6) is -1.91. The molecular weight excluding hydrogens is 531 g/mol. The second kappa shape index (κ2) is 11.9. The summed E-state index contributed by atoms with van der Waals surface area (Å²) in [6.07, 6.45) is -2.21. The summed E-state index contributed by atoms with van der Waals surface area (Å²) in [5.41, 5.74) is 2.04. The minimum absolute atomic E-state index is 0.00956. The summed E-state index contributed by atoms with van der Waals surface area (Å²) in [4.78, 5) is 18.0. The Morgan fingerprint density at radius 3 is 2.49 bits per heavy atom. The quantitative estimate of drug-likeness (QED) is 0.434. The molecule has 1 aliphatic heterocycles. The van der Waals surface area contributed by atoms with E-state index in [4.69, 9.17) is 4.74 Å². The molecule has 0 spiro atoms. The van der Waals surface area contributed by atoms with Gasteiger partial charge in [-0.2, -0.15) is 22.5 Å². The molecule has 9 nitrogen and oxygen atoms in total. The maximum absolute atomic E-state index is 13.1. The zero-order chi connectivity index (χ0) is 27.4. The third kappa shape index (κ3) is 8.54. The van der Waals surface area contributed by atoms with E-state index in [1.54, 1.807) is 13.0 Å². The number of nitrogens with one attached hydrogen (secondary N) is 2. The highest BCUT2D eigenvalue weighted by Gasteiger charge is 2.36. The summed E-state index contributed by atoms with van der Waals surface area (Å²) in [6, 6.07) is 5.69. The SMILES string of the molecule is CC(C)CN(c1ccc(C(C)CC(=O)NS(C)(=O)=O)cc1Nc1nc(C(F)(F)F)ns1)C1CCOCC1. The Bertz CT molecular complexity index is 1180. The van der Waals surface area contributed by atoms with Crippen LogP contribution >= 0.6 is 11.5 Å². The second-order valence-electron chi connectivity index (χ2n) is 9.61. The van der Waals surface area contributed by atoms with E-state index in [9.17, 15) is 26.4 Å². The van der Waals surface area contributed by atoms with Crippen molar-refractivity contribution < 1.29 is 31.1 Å². The van der Waals surface area contributed by atoms with Crippen molar-refractivity contribution >= 4 is 44.0 Å². The average Bonchev–Trinajstić information content (AvgIpc) is 3.26. The summed E-state index contributed by atoms with van der Waals surface area (Å²) in [6.45, 7) is 7.93. The van der Waals surface area contributed by atoms with Gasteiger partial charge in [0.15, 0.2) is 0 Å². The molecule has 1 saturated heterocycles. The van der Waals surface area contributed by atoms with Crippen molar-refractivity contribution in [2.45, 2.75) is 58.2 Å². The molecule has 1 aromatic carbocycles. The molecular formula is C23H32F3N5O4S2. The van der Waals surface area contributed by atoms with Gasteiger partial charge in [-0.1, -0.05) is 26.8 Å². The van der Waals surface area contributed by atoms with Gasteiger partial charge < -0.3 is 15.0 Å². The Hall–Kier alpha value is -2.45. The molecule has 1 unspecified atom stereocenters. The Labute approximate surface area is 219 Å². The van der Waals surface area contributed by atoms with Gasteiger partial charge in [-0.3, -0.25) is 9.52 Å². The smallest absolute Gasteiger partial charge is 0.381 e. The first-order valence-electron chi connectivity index (χ1n) is 11.9. The first-order chi connectivity index (χ1) is 17.2. The largest absolute Gasteiger partial charge is 0.452 e. The van der Waals surface area contributed by atoms with Crippen molar-refractivity contribution in [1.29, 1.82) is 0 Å². The predicted molar refractivity (Wildman–Crippen MR) is 137 cm³/mol. The molecule has 3 rings (SSSR count). The zero-order valence-electron chi connectivity index (χ0n) is 21.1. The number of benzene rings is 1. The summed E-state index contributed by atoms with van der Waals surface area (Å²) in [7, 11) is -3.69. The van der Waals surface area contributed by atoms with Crippen molar-refractivity contribution in [3.8, 4) is 0 Å². The highest BCUT2D eigenvalue weighted by atomic mass is 32.2. The van der Waals surface area contributed by atoms with Gasteiger partial charge in [0.05, 0.1) is 17.6 Å². The fraction of sp³-hybridized carbons (Fsp3) is 0.609. The topological polar surface area (TPSA) is 114 Å². The first-order valence-corrected chi connectivity index (χ1v) is 14.6. The second-order valence-corrected chi connectivity index (χ2v) is 12.1. The van der Waals surface area contributed by atoms with Crippen LogP contribution in [-0.4, -0.2) is 55.7 Å². The molecule has 14 heteroatoms. The first kappa shape index (κ1) is 29.1. The van der Waals surface area contributed by atoms with Gasteiger partial charge in [0, 0.05) is 43.8 Å². The van der Waals surface area contributed by atoms with Crippen LogP contribution in [0.5, 0.6) is 0 Å². The molecule has 1 aromatic heterocycles. The fourth-order valence-electron chi connectivity index (χ4n) is 4.19. The molecule has 1 aliphatic rings. The maximum Gasteiger partial charge on any atom is 0.452 e. The van der Waals surface area contributed by atoms with E-state index >= 15 is 0 Å². The molecule has 0 radical (unpaired) electrons. The third-order valence-electron chi connectivity index (χ3n) is 5.80. The van der Waals surface area contributed by atoms with E-state index in [0.29, 0.717) is 41.9 Å². The van der Waals surface area contributed by atoms with Crippen LogP contribution in [0.4, 0.5) is 29.7 Å². The number of hydrogen-bond donors (Lipinski definition) is 2. The van der Waals surface area contributed by atoms with E-state index in [1.165, 1.54) is 0 Å². The Kier molecular flexibility index (Phi) is 9.40. The van der Waals surface area contributed by atoms with Crippen molar-refractivity contribution in [3.63, 3.8) is 0 Å². The lowest BCUT2D eigenvalue weighted by Crippen LogP contribution is -2.42. The predicted octanol–water partition coefficient (Wildman–Crippen LogP) is 4.51. The summed E-state index contributed by atoms with van der Waals surface area (Å²) < 4.78 is 73.0. The molecule has 2 heterocycles. The van der Waals surface area contributed by atoms with Gasteiger partial charge in [0.1, 0.15) is 0 Å². The van der Waals surface area contributed by atoms with Gasteiger partial charge in [0.25, 0.3) is 0 Å². The van der Waals surface area contributed by atoms with Crippen LogP contribution in [0, 0.1) is 5.92 Å². The van der Waals surface area contributed by atoms with Crippen LogP contribution in [0.15, 0.2) is 18.2 Å². The number of alkyl halides is 3. The molecule has 2 aromatic rings. The Morgan fingerprint density at radius 1 is 1.24 bits per heavy atom. The van der Waals surface area contributed by atoms with E-state index in [1.807, 2.05) is 16.9 Å². The number of aromatic nitrogens is 2. The summed E-state index contributed by atoms with van der Waals surface area (Å²) >= 11 is 0.611. The van der Waals surface area contributed by atoms with Crippen LogP contribution in [0.1, 0.15) is 57.3 Å². The van der Waals surface area contributed by atoms with Crippen LogP contribution in [0.2, 0.25) is 0 Å². The minimum atomic E-state index is -4.66. The highest BCUT2D eigenvalue weighted by Crippen LogP contribution is 2.37. The number of ether oxygens (including phenoxy) is 1. The third-order valence-corrected chi connectivity index (χ3v) is 7.03. The van der Waals surface area contributed by atoms with E-state index in [-0.39, 0.29) is 23.5 Å². The number of rotatable bonds is 10. The molecule has 1 fully saturated rings. The normalized spacial score (nSPS) is 16.0. The molecule has 0 bridgehead atoms. The number of carbonyl (C=O) groups excluding carboxylic acids is 1. The lowest BCUT2D eigenvalue weighted by atomic mass is 9.95. The minimum Gasteiger partial charge on any atom is -0.381 e. The molecule has 37 heavy (non-hydrogen) atoms. The molecule has 1 amide bonds. The fourth-order valence-corrected chi connectivity index (χ4v) is 5.29. The van der Waals surface area contributed by atoms with Gasteiger partial charge in [0.2, 0.25) is 26.9 Å². The van der Waals surface area contributed by atoms with Gasteiger partial charge in [-0.05, 0) is 42.4 Å². The molecule has 2 N–H and O–H groups in total. The van der Waals surface area contributed by atoms with Crippen LogP contribution in [0.25, 0.3) is 0 Å². The van der Waals surface area contributed by atoms with Crippen molar-refractivity contribution in [2.24, 2.45) is 5.92 Å². The molecule has 0 aliphatic carbocycles. The Morgan fingerprint density at radius 2 is 1.92 bits per heavy atom. The molecule has 206 valence electrons. The van der Waals surface area contributed by atoms with E-state index < -0.39 is 27.9 Å². The van der Waals surface area contributed by atoms with Crippen molar-refractivity contribution in [3.05, 3.63) is 29.6 Å². The van der Waals surface area contributed by atoms with E-state index in [0.717, 1.165) is 31.3 Å². The number of anilines is 3. The maximum atomic E-state index is 13.1. The van der Waals surface area contributed by atoms with Gasteiger partial charge >= 0.3 is 6.18 Å². The number of halogens is 3. The van der Waals surface area contributed by atoms with E-state index in [2.05, 4.69) is 33.4 Å². The van der Waals surface area contributed by atoms with Crippen LogP contribution < -0.4 is 14.9 Å². The lowest BCUT2D eigenvalue weighted by molar-refractivity contribution is -0.144. The zero-order valence-corrected chi connectivity index (χ0v) is 22.8. The molecule has 1 atom stereocenters. The summed E-state index contributed by atoms with van der Waals surface area (Å²) in [5, 5.41) is 3.01. The average molecular weight is 564 g/mol. The molecule has 0 saturated carbocycles. The van der Waals surface area contributed by atoms with Crippen LogP contribution in [0.3, 0.4) is 0 Å². The number of sulfonamides is 1. The lowest BCUT2D eigenvalue weighted by Gasteiger charge is -2.38. The number of carbonyl (C=O) groups is 1. The highest BCUT2D eigenvalue weighted by molar-refractivity contribution is 7.89. The number of nitrogens with zero attached hydrogens (tertiary/aromatic N) is 3. The Balaban J connectivity index is 1.98. The van der Waals surface area contributed by atoms with Crippen molar-refractivity contribution in [1.82, 2.24) is 14.1 Å². The standard InChI is InChI=1S/C23H32F3N5O4S2/c1-14(2)13-31(17-7-9-35-10-8-17)19-6-5-16(15(3)11-20(32)30-37(4,33)34)12-18(19)27-22-28-21(29-36-22)23(24,25)26/h5-6,12,14-15,17H,7-11,13H2,1-4H3,(H,30,32)(H,27,28,29).